The average molecular weight is 570 g/mol. The largest absolute Gasteiger partial charge is 0.537 e. The van der Waals surface area contributed by atoms with Gasteiger partial charge >= 0.3 is 16.5 Å². The van der Waals surface area contributed by atoms with E-state index in [2.05, 4.69) is 84.6 Å². The van der Waals surface area contributed by atoms with E-state index in [9.17, 15) is 21.6 Å². The predicted molar refractivity (Wildman–Crippen MR) is 117 cm³/mol. The maximum Gasteiger partial charge on any atom is 0.537 e. The molecule has 0 fully saturated rings. The molecule has 0 aliphatic heterocycles. The van der Waals surface area contributed by atoms with Crippen LogP contribution < -0.4 is 10.6 Å². The quantitative estimate of drug-likeness (QED) is 0.297. The van der Waals surface area contributed by atoms with Crippen LogP contribution in [0.25, 0.3) is 0 Å². The molecule has 3 rings (SSSR count). The van der Waals surface area contributed by atoms with E-state index in [4.69, 9.17) is 0 Å². The van der Waals surface area contributed by atoms with Gasteiger partial charge in [-0.3, -0.25) is 0 Å². The summed E-state index contributed by atoms with van der Waals surface area (Å²) in [6.45, 7) is 0. The third-order valence-electron chi connectivity index (χ3n) is 3.21. The second kappa shape index (κ2) is 10.7. The van der Waals surface area contributed by atoms with Crippen molar-refractivity contribution in [1.82, 2.24) is 0 Å². The molecule has 3 nitrogen and oxygen atoms in total. The number of hydrogen-bond acceptors (Lipinski definition) is 3. The van der Waals surface area contributed by atoms with E-state index in [1.807, 2.05) is 0 Å². The van der Waals surface area contributed by atoms with Gasteiger partial charge in [-0.1, -0.05) is 82.9 Å². The highest BCUT2D eigenvalue weighted by Crippen LogP contribution is 2.23. The van der Waals surface area contributed by atoms with Crippen LogP contribution in [0.1, 0.15) is 0 Å². The summed E-state index contributed by atoms with van der Waals surface area (Å²) < 4.78 is 62.0. The summed E-state index contributed by atoms with van der Waals surface area (Å²) in [6, 6.07) is 23.1. The Hall–Kier alpha value is -1.25. The van der Waals surface area contributed by atoms with Gasteiger partial charge in [0, 0.05) is 8.95 Å². The number of alkyl halides is 3. The minimum atomic E-state index is -5.20. The van der Waals surface area contributed by atoms with Gasteiger partial charge in [0.1, 0.15) is 0 Å². The summed E-state index contributed by atoms with van der Waals surface area (Å²) >= 11 is 6.87. The summed E-state index contributed by atoms with van der Waals surface area (Å²) in [5.74, 6) is 0. The third-order valence-corrected chi connectivity index (χ3v) is 6.77. The van der Waals surface area contributed by atoms with E-state index in [0.29, 0.717) is 0 Å². The highest BCUT2D eigenvalue weighted by molar-refractivity contribution is 9.10. The highest BCUT2D eigenvalue weighted by atomic mass is 79.9. The first-order valence-electron chi connectivity index (χ1n) is 7.91. The van der Waals surface area contributed by atoms with E-state index in [-0.39, 0.29) is 0 Å². The molecule has 3 aromatic carbocycles. The van der Waals surface area contributed by atoms with Crippen LogP contribution in [0.4, 0.5) is 13.2 Å². The first kappa shape index (κ1) is 24.0. The Balaban J connectivity index is 0.000000208. The smallest absolute Gasteiger partial charge is 0.194 e. The van der Waals surface area contributed by atoms with Crippen LogP contribution in [0, 0.1) is 0 Å². The van der Waals surface area contributed by atoms with E-state index < -0.39 is 21.4 Å². The molecular weight excluding hydrogens is 556 g/mol. The van der Waals surface area contributed by atoms with Gasteiger partial charge < -0.3 is 0 Å². The van der Waals surface area contributed by atoms with Crippen LogP contribution in [0.3, 0.4) is 0 Å². The van der Waals surface area contributed by atoms with Crippen molar-refractivity contribution in [2.45, 2.75) is 11.3 Å². The van der Waals surface area contributed by atoms with E-state index in [1.165, 1.54) is 28.8 Å². The van der Waals surface area contributed by atoms with Crippen molar-refractivity contribution in [2.24, 2.45) is 0 Å². The fraction of sp³-hybridized carbons (Fsp3) is 0.0526. The molecule has 0 atom stereocenters. The summed E-state index contributed by atoms with van der Waals surface area (Å²) in [5.41, 5.74) is 0. The topological polar surface area (TPSA) is 43.4 Å². The van der Waals surface area contributed by atoms with Crippen molar-refractivity contribution in [3.8, 4) is 0 Å². The Morgan fingerprint density at radius 2 is 1.14 bits per heavy atom. The minimum absolute atomic E-state index is 0.530. The van der Waals surface area contributed by atoms with Crippen LogP contribution in [0.5, 0.6) is 0 Å². The molecule has 0 N–H and O–H groups in total. The van der Waals surface area contributed by atoms with Crippen LogP contribution in [-0.2, 0) is 14.3 Å². The fourth-order valence-corrected chi connectivity index (χ4v) is 4.36. The molecule has 29 heavy (non-hydrogen) atoms. The molecule has 0 spiro atoms. The Morgan fingerprint density at radius 3 is 1.52 bits per heavy atom. The SMILES string of the molecule is Brc1ccc(Pc2ccc(Br)cc2)cc1.O=S(=O)(OC(F)(F)F)c1ccccc1. The van der Waals surface area contributed by atoms with Crippen molar-refractivity contribution >= 4 is 61.2 Å². The third kappa shape index (κ3) is 8.97. The predicted octanol–water partition coefficient (Wildman–Crippen LogP) is 5.75. The van der Waals surface area contributed by atoms with Crippen LogP contribution in [-0.4, -0.2) is 14.8 Å². The normalized spacial score (nSPS) is 11.5. The van der Waals surface area contributed by atoms with Crippen LogP contribution >= 0.6 is 40.4 Å². The number of halogens is 5. The maximum atomic E-state index is 11.6. The van der Waals surface area contributed by atoms with Gasteiger partial charge in [-0.15, -0.1) is 13.2 Å². The summed E-state index contributed by atoms with van der Waals surface area (Å²) in [5, 5.41) is 2.72. The molecule has 10 heteroatoms. The summed E-state index contributed by atoms with van der Waals surface area (Å²) in [7, 11) is -4.02. The van der Waals surface area contributed by atoms with Crippen LogP contribution in [0.15, 0.2) is 92.7 Å². The van der Waals surface area contributed by atoms with Crippen molar-refractivity contribution in [3.63, 3.8) is 0 Å². The number of benzene rings is 3. The van der Waals surface area contributed by atoms with Crippen molar-refractivity contribution in [3.05, 3.63) is 87.8 Å². The van der Waals surface area contributed by atoms with Gasteiger partial charge in [-0.2, -0.15) is 12.6 Å². The van der Waals surface area contributed by atoms with E-state index >= 15 is 0 Å². The van der Waals surface area contributed by atoms with E-state index in [1.54, 1.807) is 0 Å². The maximum absolute atomic E-state index is 11.6. The molecule has 0 saturated carbocycles. The molecule has 0 aromatic heterocycles. The lowest BCUT2D eigenvalue weighted by Gasteiger charge is -2.07. The molecule has 0 amide bonds. The summed E-state index contributed by atoms with van der Waals surface area (Å²) in [6.07, 6.45) is -5.20. The number of hydrogen-bond donors (Lipinski definition) is 0. The van der Waals surface area contributed by atoms with Gasteiger partial charge in [0.15, 0.2) is 0 Å². The van der Waals surface area contributed by atoms with Gasteiger partial charge in [-0.25, -0.2) is 0 Å². The van der Waals surface area contributed by atoms with Crippen molar-refractivity contribution in [1.29, 1.82) is 0 Å². The molecule has 154 valence electrons. The lowest BCUT2D eigenvalue weighted by Crippen LogP contribution is -2.19. The molecule has 0 bridgehead atoms. The first-order chi connectivity index (χ1) is 13.5. The minimum Gasteiger partial charge on any atom is -0.194 e. The lowest BCUT2D eigenvalue weighted by molar-refractivity contribution is -0.271. The second-order valence-corrected chi connectivity index (χ2v) is 10.2. The molecule has 0 radical (unpaired) electrons. The standard InChI is InChI=1S/C12H9Br2P.C7H5F3O3S/c13-9-1-5-11(6-2-9)15-12-7-3-10(14)4-8-12;8-7(9,10)13-14(11,12)6-4-2-1-3-5-6/h1-8,15H;1-5H. The summed E-state index contributed by atoms with van der Waals surface area (Å²) in [4.78, 5) is -0.530. The molecule has 0 aliphatic carbocycles. The Kier molecular flexibility index (Phi) is 8.85. The Morgan fingerprint density at radius 1 is 0.724 bits per heavy atom. The highest BCUT2D eigenvalue weighted by Gasteiger charge is 2.37. The molecule has 3 aromatic rings. The second-order valence-electron chi connectivity index (χ2n) is 5.44. The molecular formula is C19H14Br2F3O3PS. The monoisotopic (exact) mass is 568 g/mol. The molecule has 0 saturated heterocycles. The number of rotatable bonds is 4. The van der Waals surface area contributed by atoms with Gasteiger partial charge in [0.05, 0.1) is 4.90 Å². The van der Waals surface area contributed by atoms with Crippen LogP contribution in [0.2, 0.25) is 0 Å². The van der Waals surface area contributed by atoms with Gasteiger partial charge in [0.25, 0.3) is 0 Å². The first-order valence-corrected chi connectivity index (χ1v) is 11.9. The zero-order chi connectivity index (χ0) is 21.5. The Bertz CT molecular complexity index is 968. The average Bonchev–Trinajstić information content (AvgIpc) is 2.65. The van der Waals surface area contributed by atoms with E-state index in [0.717, 1.165) is 29.7 Å². The van der Waals surface area contributed by atoms with Crippen molar-refractivity contribution < 1.29 is 25.8 Å². The van der Waals surface area contributed by atoms with Crippen molar-refractivity contribution in [2.75, 3.05) is 0 Å². The van der Waals surface area contributed by atoms with Gasteiger partial charge in [0.2, 0.25) is 0 Å². The zero-order valence-corrected chi connectivity index (χ0v) is 19.5. The lowest BCUT2D eigenvalue weighted by atomic mass is 10.4. The fourth-order valence-electron chi connectivity index (χ4n) is 1.99. The Labute approximate surface area is 185 Å². The molecule has 0 aliphatic rings. The molecule has 0 heterocycles. The molecule has 0 unspecified atom stereocenters. The zero-order valence-electron chi connectivity index (χ0n) is 14.5. The van der Waals surface area contributed by atoms with Gasteiger partial charge in [-0.05, 0) is 47.0 Å².